The fourth-order valence-electron chi connectivity index (χ4n) is 1.41. The van der Waals surface area contributed by atoms with Crippen molar-refractivity contribution in [2.24, 2.45) is 0 Å². The normalized spacial score (nSPS) is 10.3. The number of hydrogen-bond acceptors (Lipinski definition) is 4. The van der Waals surface area contributed by atoms with Crippen molar-refractivity contribution in [2.75, 3.05) is 5.73 Å². The number of nitrogens with two attached hydrogens (primary N) is 1. The summed E-state index contributed by atoms with van der Waals surface area (Å²) in [6.45, 7) is 2.28. The highest BCUT2D eigenvalue weighted by atomic mass is 32.1. The molecule has 1 aromatic carbocycles. The van der Waals surface area contributed by atoms with E-state index in [4.69, 9.17) is 5.73 Å². The van der Waals surface area contributed by atoms with Gasteiger partial charge in [0.05, 0.1) is 12.2 Å². The molecule has 2 rings (SSSR count). The van der Waals surface area contributed by atoms with Gasteiger partial charge in [-0.2, -0.15) is 0 Å². The SMILES string of the molecule is Cc1cnc(CNC(=O)c2ccc(N)c(F)c2)s1. The number of halogens is 1. The number of carbonyl (C=O) groups excluding carboxylic acids is 1. The van der Waals surface area contributed by atoms with Gasteiger partial charge in [0, 0.05) is 16.6 Å². The standard InChI is InChI=1S/C12H12FN3OS/c1-7-5-15-11(18-7)6-16-12(17)8-2-3-10(14)9(13)4-8/h2-5H,6,14H2,1H3,(H,16,17). The maximum atomic E-state index is 13.2. The number of benzene rings is 1. The number of aromatic nitrogens is 1. The molecule has 0 atom stereocenters. The topological polar surface area (TPSA) is 68.0 Å². The van der Waals surface area contributed by atoms with Gasteiger partial charge < -0.3 is 11.1 Å². The third-order valence-corrected chi connectivity index (χ3v) is 3.24. The largest absolute Gasteiger partial charge is 0.396 e. The van der Waals surface area contributed by atoms with Crippen LogP contribution in [0.25, 0.3) is 0 Å². The van der Waals surface area contributed by atoms with E-state index in [0.29, 0.717) is 6.54 Å². The molecule has 3 N–H and O–H groups in total. The lowest BCUT2D eigenvalue weighted by Gasteiger charge is -2.04. The summed E-state index contributed by atoms with van der Waals surface area (Å²) in [5, 5.41) is 3.49. The van der Waals surface area contributed by atoms with Crippen molar-refractivity contribution in [3.63, 3.8) is 0 Å². The van der Waals surface area contributed by atoms with Crippen molar-refractivity contribution in [2.45, 2.75) is 13.5 Å². The van der Waals surface area contributed by atoms with Crippen molar-refractivity contribution in [3.05, 3.63) is 45.7 Å². The van der Waals surface area contributed by atoms with Crippen molar-refractivity contribution in [3.8, 4) is 0 Å². The number of anilines is 1. The van der Waals surface area contributed by atoms with E-state index in [1.54, 1.807) is 6.20 Å². The molecule has 0 aliphatic carbocycles. The molecule has 1 amide bonds. The lowest BCUT2D eigenvalue weighted by molar-refractivity contribution is 0.0950. The smallest absolute Gasteiger partial charge is 0.251 e. The fraction of sp³-hybridized carbons (Fsp3) is 0.167. The van der Waals surface area contributed by atoms with Crippen LogP contribution in [0.2, 0.25) is 0 Å². The Kier molecular flexibility index (Phi) is 3.57. The average molecular weight is 265 g/mol. The van der Waals surface area contributed by atoms with Crippen molar-refractivity contribution >= 4 is 22.9 Å². The molecule has 0 saturated carbocycles. The molecule has 2 aromatic rings. The predicted molar refractivity (Wildman–Crippen MR) is 68.8 cm³/mol. The fourth-order valence-corrected chi connectivity index (χ4v) is 2.14. The summed E-state index contributed by atoms with van der Waals surface area (Å²) in [6, 6.07) is 3.98. The van der Waals surface area contributed by atoms with E-state index >= 15 is 0 Å². The number of nitrogens with one attached hydrogen (secondary N) is 1. The van der Waals surface area contributed by atoms with Crippen LogP contribution in [-0.2, 0) is 6.54 Å². The number of aryl methyl sites for hydroxylation is 1. The Morgan fingerprint density at radius 2 is 2.33 bits per heavy atom. The van der Waals surface area contributed by atoms with Gasteiger partial charge in [-0.05, 0) is 25.1 Å². The molecule has 0 aliphatic heterocycles. The van der Waals surface area contributed by atoms with Gasteiger partial charge in [0.2, 0.25) is 0 Å². The second kappa shape index (κ2) is 5.14. The monoisotopic (exact) mass is 265 g/mol. The number of nitrogen functional groups attached to an aromatic ring is 1. The van der Waals surface area contributed by atoms with E-state index in [0.717, 1.165) is 16.0 Å². The van der Waals surface area contributed by atoms with E-state index in [-0.39, 0.29) is 17.2 Å². The Hall–Kier alpha value is -1.95. The maximum absolute atomic E-state index is 13.2. The molecular formula is C12H12FN3OS. The predicted octanol–water partition coefficient (Wildman–Crippen LogP) is 2.10. The van der Waals surface area contributed by atoms with Gasteiger partial charge in [0.25, 0.3) is 5.91 Å². The summed E-state index contributed by atoms with van der Waals surface area (Å²) in [5.74, 6) is -0.936. The molecule has 0 saturated heterocycles. The molecule has 0 unspecified atom stereocenters. The zero-order valence-electron chi connectivity index (χ0n) is 9.74. The molecule has 0 radical (unpaired) electrons. The summed E-state index contributed by atoms with van der Waals surface area (Å²) in [4.78, 5) is 17.0. The Bertz CT molecular complexity index is 582. The zero-order valence-corrected chi connectivity index (χ0v) is 10.6. The van der Waals surface area contributed by atoms with Crippen molar-refractivity contribution < 1.29 is 9.18 Å². The number of hydrogen-bond donors (Lipinski definition) is 2. The molecule has 6 heteroatoms. The Labute approximate surface area is 108 Å². The highest BCUT2D eigenvalue weighted by molar-refractivity contribution is 7.11. The third kappa shape index (κ3) is 2.84. The van der Waals surface area contributed by atoms with E-state index in [2.05, 4.69) is 10.3 Å². The Balaban J connectivity index is 2.01. The number of amides is 1. The molecular weight excluding hydrogens is 253 g/mol. The Morgan fingerprint density at radius 3 is 2.94 bits per heavy atom. The van der Waals surface area contributed by atoms with Crippen molar-refractivity contribution in [1.29, 1.82) is 0 Å². The van der Waals surface area contributed by atoms with Crippen LogP contribution in [-0.4, -0.2) is 10.9 Å². The average Bonchev–Trinajstić information content (AvgIpc) is 2.75. The number of nitrogens with zero attached hydrogens (tertiary/aromatic N) is 1. The first-order chi connectivity index (χ1) is 8.56. The highest BCUT2D eigenvalue weighted by Crippen LogP contribution is 2.13. The van der Waals surface area contributed by atoms with Crippen LogP contribution in [0.3, 0.4) is 0 Å². The second-order valence-corrected chi connectivity index (χ2v) is 5.10. The maximum Gasteiger partial charge on any atom is 0.251 e. The van der Waals surface area contributed by atoms with Crippen LogP contribution in [0.4, 0.5) is 10.1 Å². The molecule has 0 spiro atoms. The second-order valence-electron chi connectivity index (χ2n) is 3.78. The van der Waals surface area contributed by atoms with Gasteiger partial charge in [-0.3, -0.25) is 4.79 Å². The summed E-state index contributed by atoms with van der Waals surface area (Å²) < 4.78 is 13.2. The third-order valence-electron chi connectivity index (χ3n) is 2.33. The minimum absolute atomic E-state index is 0.0297. The first-order valence-electron chi connectivity index (χ1n) is 5.31. The van der Waals surface area contributed by atoms with Gasteiger partial charge >= 0.3 is 0 Å². The van der Waals surface area contributed by atoms with Crippen LogP contribution < -0.4 is 11.1 Å². The van der Waals surface area contributed by atoms with Crippen LogP contribution >= 0.6 is 11.3 Å². The van der Waals surface area contributed by atoms with Gasteiger partial charge in [-0.1, -0.05) is 0 Å². The molecule has 1 aromatic heterocycles. The van der Waals surface area contributed by atoms with E-state index in [1.165, 1.54) is 23.5 Å². The van der Waals surface area contributed by atoms with Gasteiger partial charge in [0.15, 0.2) is 0 Å². The number of thiazole rings is 1. The lowest BCUT2D eigenvalue weighted by atomic mass is 10.2. The molecule has 94 valence electrons. The summed E-state index contributed by atoms with van der Waals surface area (Å²) in [7, 11) is 0. The van der Waals surface area contributed by atoms with E-state index in [1.807, 2.05) is 6.92 Å². The Morgan fingerprint density at radius 1 is 1.56 bits per heavy atom. The van der Waals surface area contributed by atoms with Crippen LogP contribution in [0, 0.1) is 12.7 Å². The van der Waals surface area contributed by atoms with Crippen molar-refractivity contribution in [1.82, 2.24) is 10.3 Å². The first kappa shape index (κ1) is 12.5. The summed E-state index contributed by atoms with van der Waals surface area (Å²) in [5.41, 5.74) is 5.62. The summed E-state index contributed by atoms with van der Waals surface area (Å²) >= 11 is 1.51. The van der Waals surface area contributed by atoms with Gasteiger partial charge in [-0.25, -0.2) is 9.37 Å². The lowest BCUT2D eigenvalue weighted by Crippen LogP contribution is -2.22. The quantitative estimate of drug-likeness (QED) is 0.835. The van der Waals surface area contributed by atoms with E-state index in [9.17, 15) is 9.18 Å². The van der Waals surface area contributed by atoms with E-state index < -0.39 is 5.82 Å². The minimum atomic E-state index is -0.590. The molecule has 0 aliphatic rings. The first-order valence-corrected chi connectivity index (χ1v) is 6.12. The number of rotatable bonds is 3. The zero-order chi connectivity index (χ0) is 13.1. The van der Waals surface area contributed by atoms with Crippen LogP contribution in [0.15, 0.2) is 24.4 Å². The molecule has 4 nitrogen and oxygen atoms in total. The van der Waals surface area contributed by atoms with Crippen LogP contribution in [0.1, 0.15) is 20.2 Å². The molecule has 1 heterocycles. The molecule has 0 fully saturated rings. The minimum Gasteiger partial charge on any atom is -0.396 e. The number of carbonyl (C=O) groups is 1. The molecule has 18 heavy (non-hydrogen) atoms. The molecule has 0 bridgehead atoms. The summed E-state index contributed by atoms with van der Waals surface area (Å²) in [6.07, 6.45) is 1.75. The van der Waals surface area contributed by atoms with Crippen LogP contribution in [0.5, 0.6) is 0 Å². The van der Waals surface area contributed by atoms with Gasteiger partial charge in [-0.15, -0.1) is 11.3 Å². The highest BCUT2D eigenvalue weighted by Gasteiger charge is 2.09. The van der Waals surface area contributed by atoms with Gasteiger partial charge in [0.1, 0.15) is 10.8 Å².